The Labute approximate surface area is 119 Å². The van der Waals surface area contributed by atoms with Crippen LogP contribution in [0.3, 0.4) is 0 Å². The molecule has 0 saturated carbocycles. The first-order chi connectivity index (χ1) is 9.63. The van der Waals surface area contributed by atoms with Gasteiger partial charge in [0.15, 0.2) is 0 Å². The first-order valence-corrected chi connectivity index (χ1v) is 6.99. The zero-order chi connectivity index (χ0) is 14.5. The zero-order valence-electron chi connectivity index (χ0n) is 11.8. The van der Waals surface area contributed by atoms with E-state index in [4.69, 9.17) is 5.73 Å². The molecule has 0 atom stereocenters. The number of nitrogens with zero attached hydrogens (tertiary/aromatic N) is 2. The Morgan fingerprint density at radius 3 is 2.40 bits per heavy atom. The standard InChI is InChI=1S/C15H21N3O2/c1-17-10-11-18(15(20)14(17)19)13-7-5-12(6-8-13)4-2-3-9-16/h5-8H,2-4,9-11,16H2,1H3. The quantitative estimate of drug-likeness (QED) is 0.637. The predicted octanol–water partition coefficient (Wildman–Crippen LogP) is 0.773. The van der Waals surface area contributed by atoms with Crippen molar-refractivity contribution in [2.24, 2.45) is 5.73 Å². The van der Waals surface area contributed by atoms with Gasteiger partial charge in [0.1, 0.15) is 0 Å². The van der Waals surface area contributed by atoms with Crippen LogP contribution in [-0.4, -0.2) is 43.4 Å². The minimum atomic E-state index is -0.449. The average Bonchev–Trinajstić information content (AvgIpc) is 2.46. The fourth-order valence-electron chi connectivity index (χ4n) is 2.29. The third kappa shape index (κ3) is 3.17. The number of likely N-dealkylation sites (N-methyl/N-ethyl adjacent to an activating group) is 1. The van der Waals surface area contributed by atoms with Crippen molar-refractivity contribution in [2.75, 3.05) is 31.6 Å². The van der Waals surface area contributed by atoms with Gasteiger partial charge in [0, 0.05) is 25.8 Å². The molecule has 1 heterocycles. The van der Waals surface area contributed by atoms with E-state index in [1.165, 1.54) is 10.5 Å². The highest BCUT2D eigenvalue weighted by atomic mass is 16.2. The Morgan fingerprint density at radius 2 is 1.75 bits per heavy atom. The largest absolute Gasteiger partial charge is 0.336 e. The second-order valence-corrected chi connectivity index (χ2v) is 5.10. The van der Waals surface area contributed by atoms with E-state index in [9.17, 15) is 9.59 Å². The SMILES string of the molecule is CN1CCN(c2ccc(CCCCN)cc2)C(=O)C1=O. The Morgan fingerprint density at radius 1 is 1.05 bits per heavy atom. The third-order valence-corrected chi connectivity index (χ3v) is 3.60. The summed E-state index contributed by atoms with van der Waals surface area (Å²) < 4.78 is 0. The summed E-state index contributed by atoms with van der Waals surface area (Å²) >= 11 is 0. The van der Waals surface area contributed by atoms with E-state index in [1.54, 1.807) is 11.9 Å². The summed E-state index contributed by atoms with van der Waals surface area (Å²) in [5, 5.41) is 0. The number of nitrogens with two attached hydrogens (primary N) is 1. The highest BCUT2D eigenvalue weighted by molar-refractivity contribution is 6.40. The van der Waals surface area contributed by atoms with Gasteiger partial charge in [-0.2, -0.15) is 0 Å². The van der Waals surface area contributed by atoms with E-state index < -0.39 is 11.8 Å². The molecule has 5 nitrogen and oxygen atoms in total. The summed E-state index contributed by atoms with van der Waals surface area (Å²) in [6, 6.07) is 7.85. The molecule has 1 saturated heterocycles. The fourth-order valence-corrected chi connectivity index (χ4v) is 2.29. The number of hydrogen-bond donors (Lipinski definition) is 1. The van der Waals surface area contributed by atoms with Gasteiger partial charge in [0.25, 0.3) is 0 Å². The van der Waals surface area contributed by atoms with Crippen molar-refractivity contribution >= 4 is 17.5 Å². The average molecular weight is 275 g/mol. The maximum Gasteiger partial charge on any atom is 0.316 e. The maximum atomic E-state index is 12.0. The monoisotopic (exact) mass is 275 g/mol. The van der Waals surface area contributed by atoms with Gasteiger partial charge in [-0.25, -0.2) is 0 Å². The van der Waals surface area contributed by atoms with Gasteiger partial charge in [0.05, 0.1) is 0 Å². The smallest absolute Gasteiger partial charge is 0.316 e. The second-order valence-electron chi connectivity index (χ2n) is 5.10. The van der Waals surface area contributed by atoms with Crippen molar-refractivity contribution < 1.29 is 9.59 Å². The molecule has 1 aliphatic rings. The summed E-state index contributed by atoms with van der Waals surface area (Å²) in [6.45, 7) is 1.84. The van der Waals surface area contributed by atoms with E-state index in [2.05, 4.69) is 0 Å². The fraction of sp³-hybridized carbons (Fsp3) is 0.467. The van der Waals surface area contributed by atoms with E-state index in [0.29, 0.717) is 13.1 Å². The molecule has 1 aromatic carbocycles. The van der Waals surface area contributed by atoms with Crippen LogP contribution in [0.25, 0.3) is 0 Å². The number of aryl methyl sites for hydroxylation is 1. The molecule has 0 aliphatic carbocycles. The van der Waals surface area contributed by atoms with Crippen molar-refractivity contribution in [3.63, 3.8) is 0 Å². The van der Waals surface area contributed by atoms with E-state index in [-0.39, 0.29) is 0 Å². The lowest BCUT2D eigenvalue weighted by molar-refractivity contribution is -0.145. The van der Waals surface area contributed by atoms with Crippen molar-refractivity contribution in [2.45, 2.75) is 19.3 Å². The highest BCUT2D eigenvalue weighted by Gasteiger charge is 2.30. The van der Waals surface area contributed by atoms with Gasteiger partial charge in [-0.05, 0) is 43.5 Å². The van der Waals surface area contributed by atoms with Gasteiger partial charge >= 0.3 is 11.8 Å². The van der Waals surface area contributed by atoms with Gasteiger partial charge in [0.2, 0.25) is 0 Å². The maximum absolute atomic E-state index is 12.0. The van der Waals surface area contributed by atoms with Crippen molar-refractivity contribution in [3.05, 3.63) is 29.8 Å². The number of carbonyl (C=O) groups excluding carboxylic acids is 2. The number of piperazine rings is 1. The van der Waals surface area contributed by atoms with Crippen LogP contribution in [0, 0.1) is 0 Å². The minimum Gasteiger partial charge on any atom is -0.336 e. The summed E-state index contributed by atoms with van der Waals surface area (Å²) in [6.07, 6.45) is 3.09. The number of anilines is 1. The molecule has 2 amide bonds. The molecular weight excluding hydrogens is 254 g/mol. The Hall–Kier alpha value is -1.88. The van der Waals surface area contributed by atoms with Crippen LogP contribution in [0.2, 0.25) is 0 Å². The summed E-state index contributed by atoms with van der Waals surface area (Å²) in [4.78, 5) is 26.6. The van der Waals surface area contributed by atoms with Crippen LogP contribution in [0.15, 0.2) is 24.3 Å². The normalized spacial score (nSPS) is 15.9. The predicted molar refractivity (Wildman–Crippen MR) is 78.4 cm³/mol. The zero-order valence-corrected chi connectivity index (χ0v) is 11.8. The minimum absolute atomic E-state index is 0.441. The second kappa shape index (κ2) is 6.52. The molecule has 20 heavy (non-hydrogen) atoms. The molecular formula is C15H21N3O2. The lowest BCUT2D eigenvalue weighted by Gasteiger charge is -2.31. The molecule has 1 aliphatic heterocycles. The Balaban J connectivity index is 2.02. The van der Waals surface area contributed by atoms with Crippen LogP contribution < -0.4 is 10.6 Å². The number of rotatable bonds is 5. The molecule has 2 rings (SSSR count). The number of carbonyl (C=O) groups is 2. The van der Waals surface area contributed by atoms with Crippen LogP contribution in [0.1, 0.15) is 18.4 Å². The van der Waals surface area contributed by atoms with Crippen LogP contribution >= 0.6 is 0 Å². The van der Waals surface area contributed by atoms with Gasteiger partial charge in [-0.15, -0.1) is 0 Å². The number of hydrogen-bond acceptors (Lipinski definition) is 3. The molecule has 2 N–H and O–H groups in total. The first-order valence-electron chi connectivity index (χ1n) is 6.99. The topological polar surface area (TPSA) is 66.6 Å². The van der Waals surface area contributed by atoms with Crippen LogP contribution in [-0.2, 0) is 16.0 Å². The highest BCUT2D eigenvalue weighted by Crippen LogP contribution is 2.19. The van der Waals surface area contributed by atoms with Gasteiger partial charge in [-0.1, -0.05) is 12.1 Å². The lowest BCUT2D eigenvalue weighted by atomic mass is 10.1. The lowest BCUT2D eigenvalue weighted by Crippen LogP contribution is -2.53. The molecule has 108 valence electrons. The van der Waals surface area contributed by atoms with Crippen molar-refractivity contribution in [1.29, 1.82) is 0 Å². The van der Waals surface area contributed by atoms with E-state index in [1.807, 2.05) is 24.3 Å². The Kier molecular flexibility index (Phi) is 4.74. The first kappa shape index (κ1) is 14.5. The van der Waals surface area contributed by atoms with Gasteiger partial charge in [-0.3, -0.25) is 9.59 Å². The van der Waals surface area contributed by atoms with Crippen molar-refractivity contribution in [3.8, 4) is 0 Å². The Bertz CT molecular complexity index is 484. The molecule has 0 aromatic heterocycles. The van der Waals surface area contributed by atoms with Crippen LogP contribution in [0.4, 0.5) is 5.69 Å². The van der Waals surface area contributed by atoms with E-state index in [0.717, 1.165) is 31.5 Å². The molecule has 0 unspecified atom stereocenters. The summed E-state index contributed by atoms with van der Waals surface area (Å²) in [5.41, 5.74) is 7.50. The number of amides is 2. The molecule has 0 radical (unpaired) electrons. The van der Waals surface area contributed by atoms with E-state index >= 15 is 0 Å². The van der Waals surface area contributed by atoms with Crippen LogP contribution in [0.5, 0.6) is 0 Å². The molecule has 0 bridgehead atoms. The summed E-state index contributed by atoms with van der Waals surface area (Å²) in [5.74, 6) is -0.891. The molecule has 5 heteroatoms. The molecule has 1 aromatic rings. The third-order valence-electron chi connectivity index (χ3n) is 3.60. The molecule has 1 fully saturated rings. The number of benzene rings is 1. The van der Waals surface area contributed by atoms with Gasteiger partial charge < -0.3 is 15.5 Å². The van der Waals surface area contributed by atoms with Crippen molar-refractivity contribution in [1.82, 2.24) is 4.90 Å². The molecule has 0 spiro atoms. The number of unbranched alkanes of at least 4 members (excludes halogenated alkanes) is 1. The summed E-state index contributed by atoms with van der Waals surface area (Å²) in [7, 11) is 1.65.